The summed E-state index contributed by atoms with van der Waals surface area (Å²) in [5.41, 5.74) is 2.43. The Morgan fingerprint density at radius 1 is 1.35 bits per heavy atom. The number of likely N-dealkylation sites (tertiary alicyclic amines) is 1. The van der Waals surface area contributed by atoms with Gasteiger partial charge in [-0.2, -0.15) is 5.10 Å². The number of hydrogen-bond donors (Lipinski definition) is 1. The summed E-state index contributed by atoms with van der Waals surface area (Å²) in [7, 11) is 0. The maximum atomic E-state index is 12.7. The number of amides is 2. The fourth-order valence-electron chi connectivity index (χ4n) is 3.20. The standard InChI is InChI=1S/C18H24N6O2/c1-13-5-8-23(22-13)9-6-18(26)24-7-3-4-17(24)16-12-19-10-15(21-16)11-20-14(2)25/h5,8,10,12,17H,3-4,6-7,9,11H2,1-2H3,(H,20,25)/t17-/m1/s1. The number of carbonyl (C=O) groups excluding carboxylic acids is 2. The topological polar surface area (TPSA) is 93.0 Å². The first kappa shape index (κ1) is 18.0. The van der Waals surface area contributed by atoms with Crippen LogP contribution in [0.25, 0.3) is 0 Å². The van der Waals surface area contributed by atoms with Crippen LogP contribution in [0.5, 0.6) is 0 Å². The Bertz CT molecular complexity index is 787. The molecule has 0 bridgehead atoms. The van der Waals surface area contributed by atoms with Crippen LogP contribution in [-0.2, 0) is 22.7 Å². The van der Waals surface area contributed by atoms with Gasteiger partial charge in [-0.25, -0.2) is 0 Å². The van der Waals surface area contributed by atoms with E-state index in [1.165, 1.54) is 6.92 Å². The Balaban J connectivity index is 1.64. The van der Waals surface area contributed by atoms with E-state index in [0.29, 0.717) is 25.2 Å². The van der Waals surface area contributed by atoms with Gasteiger partial charge in [0.1, 0.15) is 0 Å². The van der Waals surface area contributed by atoms with Crippen LogP contribution >= 0.6 is 0 Å². The van der Waals surface area contributed by atoms with Crippen molar-refractivity contribution in [3.63, 3.8) is 0 Å². The zero-order chi connectivity index (χ0) is 18.5. The fraction of sp³-hybridized carbons (Fsp3) is 0.500. The minimum absolute atomic E-state index is 0.0494. The lowest BCUT2D eigenvalue weighted by molar-refractivity contribution is -0.132. The highest BCUT2D eigenvalue weighted by atomic mass is 16.2. The minimum atomic E-state index is -0.108. The fourth-order valence-corrected chi connectivity index (χ4v) is 3.20. The van der Waals surface area contributed by atoms with Gasteiger partial charge in [-0.1, -0.05) is 0 Å². The summed E-state index contributed by atoms with van der Waals surface area (Å²) in [5, 5.41) is 7.04. The Morgan fingerprint density at radius 2 is 2.19 bits per heavy atom. The summed E-state index contributed by atoms with van der Waals surface area (Å²) in [6, 6.07) is 1.88. The van der Waals surface area contributed by atoms with Crippen molar-refractivity contribution in [1.29, 1.82) is 0 Å². The van der Waals surface area contributed by atoms with E-state index in [1.807, 2.05) is 24.1 Å². The van der Waals surface area contributed by atoms with Crippen LogP contribution in [0.1, 0.15) is 49.3 Å². The lowest BCUT2D eigenvalue weighted by Gasteiger charge is -2.24. The third-order valence-electron chi connectivity index (χ3n) is 4.46. The van der Waals surface area contributed by atoms with Gasteiger partial charge in [0.2, 0.25) is 11.8 Å². The zero-order valence-electron chi connectivity index (χ0n) is 15.2. The number of aryl methyl sites for hydroxylation is 2. The Hall–Kier alpha value is -2.77. The first-order valence-corrected chi connectivity index (χ1v) is 8.87. The predicted molar refractivity (Wildman–Crippen MR) is 94.8 cm³/mol. The molecule has 2 aromatic heterocycles. The maximum Gasteiger partial charge on any atom is 0.225 e. The quantitative estimate of drug-likeness (QED) is 0.844. The Labute approximate surface area is 152 Å². The van der Waals surface area contributed by atoms with E-state index >= 15 is 0 Å². The molecule has 1 saturated heterocycles. The second kappa shape index (κ2) is 8.07. The molecule has 3 rings (SSSR count). The smallest absolute Gasteiger partial charge is 0.225 e. The number of hydrogen-bond acceptors (Lipinski definition) is 5. The molecule has 0 saturated carbocycles. The van der Waals surface area contributed by atoms with Gasteiger partial charge in [0.15, 0.2) is 0 Å². The maximum absolute atomic E-state index is 12.7. The first-order chi connectivity index (χ1) is 12.5. The summed E-state index contributed by atoms with van der Waals surface area (Å²) in [5.74, 6) is -0.00144. The van der Waals surface area contributed by atoms with Crippen molar-refractivity contribution in [3.8, 4) is 0 Å². The second-order valence-electron chi connectivity index (χ2n) is 6.56. The van der Waals surface area contributed by atoms with Crippen LogP contribution in [0.2, 0.25) is 0 Å². The molecule has 26 heavy (non-hydrogen) atoms. The number of rotatable bonds is 6. The summed E-state index contributed by atoms with van der Waals surface area (Å²) in [6.07, 6.45) is 7.49. The number of nitrogens with zero attached hydrogens (tertiary/aromatic N) is 5. The molecule has 8 heteroatoms. The van der Waals surface area contributed by atoms with Crippen molar-refractivity contribution in [2.24, 2.45) is 0 Å². The Morgan fingerprint density at radius 3 is 2.92 bits per heavy atom. The van der Waals surface area contributed by atoms with Crippen molar-refractivity contribution in [2.75, 3.05) is 6.54 Å². The molecule has 0 aliphatic carbocycles. The molecule has 1 N–H and O–H groups in total. The molecular formula is C18H24N6O2. The molecule has 1 fully saturated rings. The van der Waals surface area contributed by atoms with Gasteiger partial charge in [0.05, 0.1) is 42.1 Å². The van der Waals surface area contributed by atoms with Gasteiger partial charge in [0.25, 0.3) is 0 Å². The van der Waals surface area contributed by atoms with Crippen LogP contribution in [0.4, 0.5) is 0 Å². The van der Waals surface area contributed by atoms with Gasteiger partial charge >= 0.3 is 0 Å². The molecule has 2 amide bonds. The van der Waals surface area contributed by atoms with E-state index in [4.69, 9.17) is 0 Å². The van der Waals surface area contributed by atoms with Gasteiger partial charge in [0, 0.05) is 32.6 Å². The van der Waals surface area contributed by atoms with Crippen LogP contribution < -0.4 is 5.32 Å². The van der Waals surface area contributed by atoms with Crippen molar-refractivity contribution in [1.82, 2.24) is 30.0 Å². The molecule has 1 aliphatic rings. The number of carbonyl (C=O) groups is 2. The molecular weight excluding hydrogens is 332 g/mol. The zero-order valence-corrected chi connectivity index (χ0v) is 15.2. The lowest BCUT2D eigenvalue weighted by Crippen LogP contribution is -2.32. The van der Waals surface area contributed by atoms with Gasteiger partial charge < -0.3 is 10.2 Å². The average Bonchev–Trinajstić information content (AvgIpc) is 3.27. The molecule has 3 heterocycles. The molecule has 138 valence electrons. The van der Waals surface area contributed by atoms with Gasteiger partial charge in [-0.3, -0.25) is 24.2 Å². The van der Waals surface area contributed by atoms with Crippen molar-refractivity contribution in [2.45, 2.75) is 52.2 Å². The molecule has 1 aliphatic heterocycles. The number of nitrogens with one attached hydrogen (secondary N) is 1. The highest BCUT2D eigenvalue weighted by Gasteiger charge is 2.31. The Kier molecular flexibility index (Phi) is 5.60. The SMILES string of the molecule is CC(=O)NCc1cncc([C@H]2CCCN2C(=O)CCn2ccc(C)n2)n1. The molecule has 0 unspecified atom stereocenters. The molecule has 1 atom stereocenters. The highest BCUT2D eigenvalue weighted by Crippen LogP contribution is 2.31. The van der Waals surface area contributed by atoms with Crippen LogP contribution in [0.3, 0.4) is 0 Å². The number of aromatic nitrogens is 4. The second-order valence-corrected chi connectivity index (χ2v) is 6.56. The largest absolute Gasteiger partial charge is 0.351 e. The van der Waals surface area contributed by atoms with Crippen molar-refractivity contribution < 1.29 is 9.59 Å². The van der Waals surface area contributed by atoms with Crippen molar-refractivity contribution >= 4 is 11.8 Å². The van der Waals surface area contributed by atoms with E-state index in [1.54, 1.807) is 17.1 Å². The summed E-state index contributed by atoms with van der Waals surface area (Å²) in [4.78, 5) is 34.5. The van der Waals surface area contributed by atoms with Crippen LogP contribution in [-0.4, -0.2) is 43.0 Å². The molecule has 0 aromatic carbocycles. The highest BCUT2D eigenvalue weighted by molar-refractivity contribution is 5.77. The van der Waals surface area contributed by atoms with E-state index in [9.17, 15) is 9.59 Å². The summed E-state index contributed by atoms with van der Waals surface area (Å²) < 4.78 is 1.80. The predicted octanol–water partition coefficient (Wildman–Crippen LogP) is 1.37. The first-order valence-electron chi connectivity index (χ1n) is 8.87. The molecule has 0 spiro atoms. The van der Waals surface area contributed by atoms with E-state index in [-0.39, 0.29) is 17.9 Å². The van der Waals surface area contributed by atoms with E-state index < -0.39 is 0 Å². The van der Waals surface area contributed by atoms with Crippen LogP contribution in [0.15, 0.2) is 24.7 Å². The van der Waals surface area contributed by atoms with E-state index in [2.05, 4.69) is 20.4 Å². The molecule has 8 nitrogen and oxygen atoms in total. The molecule has 2 aromatic rings. The van der Waals surface area contributed by atoms with E-state index in [0.717, 1.165) is 30.8 Å². The van der Waals surface area contributed by atoms with Gasteiger partial charge in [-0.05, 0) is 25.8 Å². The minimum Gasteiger partial charge on any atom is -0.351 e. The van der Waals surface area contributed by atoms with Crippen molar-refractivity contribution in [3.05, 3.63) is 41.7 Å². The average molecular weight is 356 g/mol. The van der Waals surface area contributed by atoms with Crippen LogP contribution in [0, 0.1) is 6.92 Å². The summed E-state index contributed by atoms with van der Waals surface area (Å²) >= 11 is 0. The van der Waals surface area contributed by atoms with Gasteiger partial charge in [-0.15, -0.1) is 0 Å². The normalized spacial score (nSPS) is 16.7. The monoisotopic (exact) mass is 356 g/mol. The third-order valence-corrected chi connectivity index (χ3v) is 4.46. The summed E-state index contributed by atoms with van der Waals surface area (Å²) in [6.45, 7) is 5.05. The lowest BCUT2D eigenvalue weighted by atomic mass is 10.1. The molecule has 0 radical (unpaired) electrons. The third kappa shape index (κ3) is 4.44.